The molecule has 0 saturated carbocycles. The average Bonchev–Trinajstić information content (AvgIpc) is 3.29. The van der Waals surface area contributed by atoms with E-state index in [1.54, 1.807) is 7.11 Å². The van der Waals surface area contributed by atoms with Gasteiger partial charge in [-0.1, -0.05) is 5.73 Å². The van der Waals surface area contributed by atoms with E-state index in [4.69, 9.17) is 14.5 Å². The summed E-state index contributed by atoms with van der Waals surface area (Å²) in [5, 5.41) is 7.13. The van der Waals surface area contributed by atoms with Gasteiger partial charge < -0.3 is 25.0 Å². The number of carbonyl (C=O) groups excluding carboxylic acids is 1. The van der Waals surface area contributed by atoms with E-state index in [1.165, 1.54) is 0 Å². The van der Waals surface area contributed by atoms with Crippen molar-refractivity contribution in [3.05, 3.63) is 59.3 Å². The third-order valence-corrected chi connectivity index (χ3v) is 6.54. The molecule has 170 valence electrons. The smallest absolute Gasteiger partial charge is 0.225 e. The van der Waals surface area contributed by atoms with Crippen molar-refractivity contribution < 1.29 is 14.3 Å². The van der Waals surface area contributed by atoms with Crippen LogP contribution in [0, 0.1) is 11.8 Å². The van der Waals surface area contributed by atoms with E-state index in [1.807, 2.05) is 31.3 Å². The Morgan fingerprint density at radius 3 is 2.91 bits per heavy atom. The van der Waals surface area contributed by atoms with Crippen LogP contribution in [0.25, 0.3) is 16.5 Å². The number of benzene rings is 1. The second kappa shape index (κ2) is 9.16. The van der Waals surface area contributed by atoms with Crippen LogP contribution < -0.4 is 20.3 Å². The Hall–Kier alpha value is -3.50. The van der Waals surface area contributed by atoms with Gasteiger partial charge in [0.25, 0.3) is 0 Å². The van der Waals surface area contributed by atoms with Crippen LogP contribution in [0.5, 0.6) is 5.75 Å². The fraction of sp³-hybridized carbons (Fsp3) is 0.385. The van der Waals surface area contributed by atoms with Crippen molar-refractivity contribution in [1.29, 1.82) is 0 Å². The van der Waals surface area contributed by atoms with Gasteiger partial charge in [-0.05, 0) is 55.5 Å². The van der Waals surface area contributed by atoms with Gasteiger partial charge in [-0.2, -0.15) is 0 Å². The molecule has 1 aromatic carbocycles. The van der Waals surface area contributed by atoms with Gasteiger partial charge in [0, 0.05) is 43.3 Å². The number of anilines is 1. The Bertz CT molecular complexity index is 1220. The van der Waals surface area contributed by atoms with Crippen LogP contribution in [0.1, 0.15) is 12.1 Å². The van der Waals surface area contributed by atoms with Gasteiger partial charge in [0.05, 0.1) is 29.8 Å². The third kappa shape index (κ3) is 4.27. The summed E-state index contributed by atoms with van der Waals surface area (Å²) in [6.45, 7) is 3.69. The van der Waals surface area contributed by atoms with Crippen molar-refractivity contribution in [3.63, 3.8) is 0 Å². The van der Waals surface area contributed by atoms with Gasteiger partial charge in [-0.3, -0.25) is 4.79 Å². The van der Waals surface area contributed by atoms with Crippen LogP contribution in [0.3, 0.4) is 0 Å². The second-order valence-electron chi connectivity index (χ2n) is 8.57. The Labute approximate surface area is 193 Å². The average molecular weight is 445 g/mol. The van der Waals surface area contributed by atoms with E-state index >= 15 is 0 Å². The van der Waals surface area contributed by atoms with Gasteiger partial charge in [0.1, 0.15) is 12.4 Å². The number of methoxy groups -OCH3 is 1. The lowest BCUT2D eigenvalue weighted by molar-refractivity contribution is -0.127. The number of piperidine rings is 1. The minimum atomic E-state index is 0.0394. The summed E-state index contributed by atoms with van der Waals surface area (Å²) < 4.78 is 11.1. The first-order valence-electron chi connectivity index (χ1n) is 11.4. The first-order chi connectivity index (χ1) is 16.2. The molecule has 3 heterocycles. The van der Waals surface area contributed by atoms with E-state index in [2.05, 4.69) is 39.1 Å². The molecule has 2 aromatic rings. The highest BCUT2D eigenvalue weighted by Crippen LogP contribution is 2.38. The summed E-state index contributed by atoms with van der Waals surface area (Å²) in [6, 6.07) is 8.07. The monoisotopic (exact) mass is 444 g/mol. The van der Waals surface area contributed by atoms with Gasteiger partial charge >= 0.3 is 0 Å². The minimum absolute atomic E-state index is 0.0394. The number of rotatable bonds is 7. The number of ether oxygens (including phenoxy) is 2. The number of pyridine rings is 1. The molecule has 0 radical (unpaired) electrons. The van der Waals surface area contributed by atoms with Crippen molar-refractivity contribution in [2.45, 2.75) is 6.42 Å². The zero-order valence-corrected chi connectivity index (χ0v) is 19.0. The summed E-state index contributed by atoms with van der Waals surface area (Å²) in [4.78, 5) is 19.7. The van der Waals surface area contributed by atoms with Crippen LogP contribution in [0.4, 0.5) is 5.69 Å². The molecule has 2 atom stereocenters. The third-order valence-electron chi connectivity index (χ3n) is 6.54. The molecule has 1 aliphatic carbocycles. The molecule has 7 heteroatoms. The maximum Gasteiger partial charge on any atom is 0.225 e. The molecular formula is C26H28N4O3. The van der Waals surface area contributed by atoms with Gasteiger partial charge in [0.2, 0.25) is 5.91 Å². The molecule has 5 rings (SSSR count). The van der Waals surface area contributed by atoms with Crippen molar-refractivity contribution in [2.24, 2.45) is 11.8 Å². The summed E-state index contributed by atoms with van der Waals surface area (Å²) in [5.41, 5.74) is 9.88. The number of likely N-dealkylation sites (N-methyl/N-ethyl adjacent to an activating group) is 1. The predicted molar refractivity (Wildman–Crippen MR) is 128 cm³/mol. The number of hydrogen-bond acceptors (Lipinski definition) is 6. The van der Waals surface area contributed by atoms with Crippen LogP contribution in [-0.4, -0.2) is 57.8 Å². The minimum Gasteiger partial charge on any atom is -0.497 e. The highest BCUT2D eigenvalue weighted by Gasteiger charge is 2.40. The molecule has 2 N–H and O–H groups in total. The van der Waals surface area contributed by atoms with E-state index in [0.29, 0.717) is 18.3 Å². The first-order valence-corrected chi connectivity index (χ1v) is 11.4. The second-order valence-corrected chi connectivity index (χ2v) is 8.57. The quantitative estimate of drug-likeness (QED) is 0.505. The standard InChI is InChI=1S/C26H28N4O3/c1-27-11-12-33-19-5-3-17(4-6-19)23-14-25(21-8-7-20(32-2)13-24(21)29-23)30-15-18-9-10-28-26(31)22(18)16-30/h3,5,7-8,13-14,18,22,27H,9-12,15-16H2,1-2H3,(H,28,31). The van der Waals surface area contributed by atoms with E-state index in [0.717, 1.165) is 66.2 Å². The van der Waals surface area contributed by atoms with E-state index in [-0.39, 0.29) is 11.8 Å². The lowest BCUT2D eigenvalue weighted by atomic mass is 9.89. The zero-order chi connectivity index (χ0) is 22.8. The maximum atomic E-state index is 12.4. The number of hydrogen-bond donors (Lipinski definition) is 2. The van der Waals surface area contributed by atoms with Crippen LogP contribution in [0.15, 0.2) is 53.6 Å². The van der Waals surface area contributed by atoms with E-state index < -0.39 is 0 Å². The number of amides is 1. The highest BCUT2D eigenvalue weighted by molar-refractivity contribution is 5.95. The van der Waals surface area contributed by atoms with Gasteiger partial charge in [-0.15, -0.1) is 0 Å². The maximum absolute atomic E-state index is 12.4. The lowest BCUT2D eigenvalue weighted by Crippen LogP contribution is -2.41. The number of fused-ring (bicyclic) bond motifs is 2. The lowest BCUT2D eigenvalue weighted by Gasteiger charge is -2.23. The number of allylic oxidation sites excluding steroid dienone is 3. The van der Waals surface area contributed by atoms with Crippen molar-refractivity contribution in [3.8, 4) is 5.75 Å². The largest absolute Gasteiger partial charge is 0.497 e. The predicted octanol–water partition coefficient (Wildman–Crippen LogP) is 2.64. The summed E-state index contributed by atoms with van der Waals surface area (Å²) in [6.07, 6.45) is 4.88. The molecular weight excluding hydrogens is 416 g/mol. The summed E-state index contributed by atoms with van der Waals surface area (Å²) in [5.74, 6) is 2.02. The normalized spacial score (nSPS) is 21.5. The fourth-order valence-electron chi connectivity index (χ4n) is 4.75. The number of nitrogens with one attached hydrogen (secondary N) is 2. The molecule has 2 saturated heterocycles. The fourth-order valence-corrected chi connectivity index (χ4v) is 4.75. The number of aromatic nitrogens is 1. The SMILES string of the molecule is CNCCOC1=C=C=C(c2cc(N3CC4CCNC(=O)C4C3)c3ccc(OC)cc3n2)C=C1. The zero-order valence-electron chi connectivity index (χ0n) is 19.0. The molecule has 1 amide bonds. The topological polar surface area (TPSA) is 75.7 Å². The molecule has 0 spiro atoms. The molecule has 33 heavy (non-hydrogen) atoms. The number of carbonyl (C=O) groups is 1. The van der Waals surface area contributed by atoms with Crippen molar-refractivity contribution in [1.82, 2.24) is 15.6 Å². The van der Waals surface area contributed by atoms with Crippen LogP contribution >= 0.6 is 0 Å². The Morgan fingerprint density at radius 1 is 1.24 bits per heavy atom. The van der Waals surface area contributed by atoms with Crippen LogP contribution in [0.2, 0.25) is 0 Å². The Balaban J connectivity index is 1.55. The molecule has 0 bridgehead atoms. The molecule has 2 aliphatic heterocycles. The Morgan fingerprint density at radius 2 is 2.15 bits per heavy atom. The number of nitrogens with zero attached hydrogens (tertiary/aromatic N) is 2. The highest BCUT2D eigenvalue weighted by atomic mass is 16.5. The molecule has 2 fully saturated rings. The Kier molecular flexibility index (Phi) is 5.93. The molecule has 7 nitrogen and oxygen atoms in total. The summed E-state index contributed by atoms with van der Waals surface area (Å²) >= 11 is 0. The van der Waals surface area contributed by atoms with E-state index in [9.17, 15) is 4.79 Å². The molecule has 3 aliphatic rings. The van der Waals surface area contributed by atoms with Crippen molar-refractivity contribution in [2.75, 3.05) is 51.8 Å². The molecule has 1 aromatic heterocycles. The summed E-state index contributed by atoms with van der Waals surface area (Å²) in [7, 11) is 3.55. The first kappa shape index (κ1) is 21.4. The van der Waals surface area contributed by atoms with Gasteiger partial charge in [0.15, 0.2) is 5.76 Å². The van der Waals surface area contributed by atoms with Crippen LogP contribution in [-0.2, 0) is 9.53 Å². The van der Waals surface area contributed by atoms with Crippen molar-refractivity contribution >= 4 is 28.1 Å². The molecule has 2 unspecified atom stereocenters. The van der Waals surface area contributed by atoms with Gasteiger partial charge in [-0.25, -0.2) is 4.98 Å².